The molecular weight excluding hydrogens is 614 g/mol. The molecule has 5 amide bonds. The zero-order valence-electron chi connectivity index (χ0n) is 30.3. The van der Waals surface area contributed by atoms with Crippen LogP contribution in [0.25, 0.3) is 0 Å². The maximum Gasteiger partial charge on any atom is 0.315 e. The van der Waals surface area contributed by atoms with E-state index < -0.39 is 70.5 Å². The second-order valence-corrected chi connectivity index (χ2v) is 16.5. The van der Waals surface area contributed by atoms with Gasteiger partial charge in [-0.05, 0) is 40.9 Å². The molecule has 0 spiro atoms. The lowest BCUT2D eigenvalue weighted by atomic mass is 9.80. The Morgan fingerprint density at radius 2 is 1.56 bits per heavy atom. The highest BCUT2D eigenvalue weighted by atomic mass is 16.2. The molecule has 1 heterocycles. The lowest BCUT2D eigenvalue weighted by molar-refractivity contribution is -0.145. The molecule has 268 valence electrons. The lowest BCUT2D eigenvalue weighted by Gasteiger charge is -2.39. The van der Waals surface area contributed by atoms with E-state index in [9.17, 15) is 33.6 Å². The quantitative estimate of drug-likeness (QED) is 0.125. The number of piperidine rings is 1. The predicted molar refractivity (Wildman–Crippen MR) is 181 cm³/mol. The largest absolute Gasteiger partial charge is 0.346 e. The van der Waals surface area contributed by atoms with Gasteiger partial charge < -0.3 is 26.2 Å². The molecule has 0 radical (unpaired) electrons. The minimum absolute atomic E-state index is 0.0547. The Morgan fingerprint density at radius 3 is 2.08 bits per heavy atom. The molecule has 12 heteroatoms. The van der Waals surface area contributed by atoms with Gasteiger partial charge in [0.05, 0.1) is 12.0 Å². The van der Waals surface area contributed by atoms with Crippen molar-refractivity contribution >= 4 is 41.1 Å². The number of nitrogens with zero attached hydrogens (tertiary/aromatic N) is 1. The van der Waals surface area contributed by atoms with Gasteiger partial charge in [0.25, 0.3) is 5.91 Å². The van der Waals surface area contributed by atoms with Gasteiger partial charge >= 0.3 is 6.03 Å². The number of fused-ring (bicyclic) bond motifs is 1. The molecule has 1 unspecified atom stereocenters. The van der Waals surface area contributed by atoms with Crippen LogP contribution in [0.4, 0.5) is 4.79 Å². The first kappa shape index (κ1) is 38.9. The summed E-state index contributed by atoms with van der Waals surface area (Å²) >= 11 is 0. The van der Waals surface area contributed by atoms with Crippen LogP contribution in [0.2, 0.25) is 0 Å². The highest BCUT2D eigenvalue weighted by molar-refractivity contribution is 6.38. The van der Waals surface area contributed by atoms with Crippen molar-refractivity contribution in [1.82, 2.24) is 26.2 Å². The highest BCUT2D eigenvalue weighted by Gasteiger charge is 2.70. The Kier molecular flexibility index (Phi) is 12.1. The molecule has 1 aliphatic heterocycles. The summed E-state index contributed by atoms with van der Waals surface area (Å²) in [5.41, 5.74) is -1.45. The second kappa shape index (κ2) is 14.9. The fourth-order valence-electron chi connectivity index (χ4n) is 7.21. The molecule has 4 N–H and O–H groups in total. The third-order valence-electron chi connectivity index (χ3n) is 10.5. The van der Waals surface area contributed by atoms with E-state index in [4.69, 9.17) is 0 Å². The Bertz CT molecular complexity index is 1290. The monoisotopic (exact) mass is 671 g/mol. The van der Waals surface area contributed by atoms with Crippen LogP contribution < -0.4 is 21.3 Å². The number of nitrogens with one attached hydrogen (secondary N) is 4. The van der Waals surface area contributed by atoms with Gasteiger partial charge in [0, 0.05) is 32.0 Å². The lowest BCUT2D eigenvalue weighted by Crippen LogP contribution is -2.62. The van der Waals surface area contributed by atoms with Gasteiger partial charge in [0.1, 0.15) is 23.7 Å². The van der Waals surface area contributed by atoms with E-state index in [0.717, 1.165) is 6.42 Å². The summed E-state index contributed by atoms with van der Waals surface area (Å²) in [6.45, 7) is 21.2. The molecular formula is C36H57N5O7. The smallest absolute Gasteiger partial charge is 0.315 e. The molecule has 6 atom stereocenters. The Labute approximate surface area is 285 Å². The van der Waals surface area contributed by atoms with Crippen molar-refractivity contribution in [2.45, 2.75) is 125 Å². The SMILES string of the molecule is C=CCNC(=O)C(=O)C(CCCC)NC(=O)[C@@H]1[C@@H]2[C@H](CN1C(=O)[C@@H](NC(=O)N[C@H](CC1C(=O)CCC1=O)C(C)(C)C)C(C)(C)C)C2(C)C. The molecule has 1 saturated heterocycles. The van der Waals surface area contributed by atoms with E-state index in [1.54, 1.807) is 0 Å². The number of Topliss-reactive ketones (excluding diaryl/α,β-unsaturated/α-hetero) is 3. The minimum atomic E-state index is -1.05. The van der Waals surface area contributed by atoms with E-state index in [1.807, 2.05) is 62.3 Å². The number of hydrogen-bond acceptors (Lipinski definition) is 7. The second-order valence-electron chi connectivity index (χ2n) is 16.5. The number of unbranched alkanes of at least 4 members (excludes halogenated alkanes) is 1. The molecule has 48 heavy (non-hydrogen) atoms. The van der Waals surface area contributed by atoms with Crippen molar-refractivity contribution in [3.8, 4) is 0 Å². The molecule has 3 rings (SSSR count). The van der Waals surface area contributed by atoms with Crippen molar-refractivity contribution in [3.05, 3.63) is 12.7 Å². The van der Waals surface area contributed by atoms with Crippen LogP contribution in [-0.2, 0) is 28.8 Å². The maximum absolute atomic E-state index is 14.4. The van der Waals surface area contributed by atoms with Crippen LogP contribution in [-0.4, -0.2) is 83.3 Å². The van der Waals surface area contributed by atoms with Gasteiger partial charge in [-0.25, -0.2) is 4.79 Å². The number of likely N-dealkylation sites (tertiary alicyclic amines) is 1. The van der Waals surface area contributed by atoms with E-state index in [0.29, 0.717) is 13.0 Å². The standard InChI is InChI=1S/C36H57N5O7/c1-11-13-14-22(28(44)31(46)37-17-12-2)38-30(45)27-26-21(36(26,9)10)19-41(27)32(47)29(35(6,7)8)40-33(48)39-25(34(3,4)5)18-20-23(42)15-16-24(20)43/h12,20-22,25-27,29H,2,11,13-19H2,1,3-10H3,(H,37,46)(H,38,45)(H2,39,40,48)/t21-,22?,25+,26-,27-,29+/m0/s1. The summed E-state index contributed by atoms with van der Waals surface area (Å²) in [7, 11) is 0. The molecule has 12 nitrogen and oxygen atoms in total. The van der Waals surface area contributed by atoms with Crippen molar-refractivity contribution < 1.29 is 33.6 Å². The summed E-state index contributed by atoms with van der Waals surface area (Å²) in [6.07, 6.45) is 3.71. The Hall–Kier alpha value is -3.57. The maximum atomic E-state index is 14.4. The minimum Gasteiger partial charge on any atom is -0.346 e. The van der Waals surface area contributed by atoms with Gasteiger partial charge in [-0.3, -0.25) is 28.8 Å². The third kappa shape index (κ3) is 8.71. The molecule has 2 saturated carbocycles. The summed E-state index contributed by atoms with van der Waals surface area (Å²) in [5, 5.41) is 11.1. The van der Waals surface area contributed by atoms with E-state index in [-0.39, 0.29) is 61.0 Å². The number of amides is 5. The van der Waals surface area contributed by atoms with Crippen LogP contribution in [0.1, 0.15) is 101 Å². The number of ketones is 3. The van der Waals surface area contributed by atoms with Gasteiger partial charge in [-0.2, -0.15) is 0 Å². The van der Waals surface area contributed by atoms with Crippen LogP contribution >= 0.6 is 0 Å². The number of rotatable bonds is 14. The van der Waals surface area contributed by atoms with Crippen molar-refractivity contribution in [3.63, 3.8) is 0 Å². The summed E-state index contributed by atoms with van der Waals surface area (Å²) in [6, 6.07) is -4.09. The highest BCUT2D eigenvalue weighted by Crippen LogP contribution is 2.65. The number of carbonyl (C=O) groups excluding carboxylic acids is 7. The normalized spacial score (nSPS) is 23.9. The van der Waals surface area contributed by atoms with E-state index >= 15 is 0 Å². The molecule has 0 aromatic rings. The van der Waals surface area contributed by atoms with Crippen molar-refractivity contribution in [2.75, 3.05) is 13.1 Å². The molecule has 2 aliphatic carbocycles. The Morgan fingerprint density at radius 1 is 0.958 bits per heavy atom. The van der Waals surface area contributed by atoms with E-state index in [1.165, 1.54) is 11.0 Å². The van der Waals surface area contributed by atoms with Gasteiger partial charge in [-0.1, -0.05) is 81.2 Å². The topological polar surface area (TPSA) is 171 Å². The van der Waals surface area contributed by atoms with Crippen molar-refractivity contribution in [1.29, 1.82) is 0 Å². The first-order chi connectivity index (χ1) is 22.2. The predicted octanol–water partition coefficient (Wildman–Crippen LogP) is 3.08. The third-order valence-corrected chi connectivity index (χ3v) is 10.5. The van der Waals surface area contributed by atoms with E-state index in [2.05, 4.69) is 27.8 Å². The van der Waals surface area contributed by atoms with Crippen LogP contribution in [0.15, 0.2) is 12.7 Å². The van der Waals surface area contributed by atoms with Gasteiger partial charge in [0.2, 0.25) is 17.6 Å². The summed E-state index contributed by atoms with van der Waals surface area (Å²) in [5.74, 6) is -3.56. The zero-order valence-corrected chi connectivity index (χ0v) is 30.3. The van der Waals surface area contributed by atoms with Gasteiger partial charge in [0.15, 0.2) is 0 Å². The molecule has 3 aliphatic rings. The first-order valence-electron chi connectivity index (χ1n) is 17.3. The average Bonchev–Trinajstić information content (AvgIpc) is 3.27. The number of carbonyl (C=O) groups is 7. The molecule has 0 aromatic carbocycles. The van der Waals surface area contributed by atoms with Crippen LogP contribution in [0.5, 0.6) is 0 Å². The zero-order chi connectivity index (χ0) is 36.4. The fourth-order valence-corrected chi connectivity index (χ4v) is 7.21. The van der Waals surface area contributed by atoms with Crippen LogP contribution in [0, 0.1) is 34.0 Å². The molecule has 3 fully saturated rings. The average molecular weight is 672 g/mol. The summed E-state index contributed by atoms with van der Waals surface area (Å²) < 4.78 is 0. The summed E-state index contributed by atoms with van der Waals surface area (Å²) in [4.78, 5) is 93.8. The number of urea groups is 1. The van der Waals surface area contributed by atoms with Crippen LogP contribution in [0.3, 0.4) is 0 Å². The molecule has 0 bridgehead atoms. The van der Waals surface area contributed by atoms with Crippen molar-refractivity contribution in [2.24, 2.45) is 34.0 Å². The Balaban J connectivity index is 1.83. The fraction of sp³-hybridized carbons (Fsp3) is 0.750. The first-order valence-corrected chi connectivity index (χ1v) is 17.3. The van der Waals surface area contributed by atoms with Gasteiger partial charge in [-0.15, -0.1) is 6.58 Å². The number of hydrogen-bond donors (Lipinski definition) is 4. The molecule has 0 aromatic heterocycles.